The molecule has 0 bridgehead atoms. The lowest BCUT2D eigenvalue weighted by Gasteiger charge is -2.40. The molecule has 106 valence electrons. The molecule has 1 aromatic heterocycles. The first-order valence-corrected chi connectivity index (χ1v) is 8.12. The van der Waals surface area contributed by atoms with E-state index < -0.39 is 0 Å². The largest absolute Gasteiger partial charge is 0.348 e. The van der Waals surface area contributed by atoms with E-state index in [1.54, 1.807) is 11.3 Å². The highest BCUT2D eigenvalue weighted by Crippen LogP contribution is 2.38. The summed E-state index contributed by atoms with van der Waals surface area (Å²) in [5.74, 6) is 0.708. The number of thiophene rings is 1. The van der Waals surface area contributed by atoms with Gasteiger partial charge in [-0.25, -0.2) is 0 Å². The minimum Gasteiger partial charge on any atom is -0.348 e. The zero-order valence-electron chi connectivity index (χ0n) is 12.5. The maximum absolute atomic E-state index is 12.4. The highest BCUT2D eigenvalue weighted by Gasteiger charge is 2.35. The third-order valence-corrected chi connectivity index (χ3v) is 5.28. The summed E-state index contributed by atoms with van der Waals surface area (Å²) in [6, 6.07) is 2.35. The van der Waals surface area contributed by atoms with E-state index in [0.29, 0.717) is 12.0 Å². The molecule has 0 aromatic carbocycles. The van der Waals surface area contributed by atoms with Crippen molar-refractivity contribution < 1.29 is 4.79 Å². The number of rotatable bonds is 2. The molecule has 19 heavy (non-hydrogen) atoms. The summed E-state index contributed by atoms with van der Waals surface area (Å²) < 4.78 is 0. The molecule has 0 saturated heterocycles. The SMILES string of the molecule is Cc1ccsc1C(=O)NC1CCCCC1C(C)(C)C. The molecule has 3 heteroatoms. The number of carbonyl (C=O) groups is 1. The Bertz CT molecular complexity index is 444. The summed E-state index contributed by atoms with van der Waals surface area (Å²) in [6.45, 7) is 8.88. The highest BCUT2D eigenvalue weighted by molar-refractivity contribution is 7.12. The Morgan fingerprint density at radius 3 is 2.58 bits per heavy atom. The van der Waals surface area contributed by atoms with E-state index >= 15 is 0 Å². The zero-order valence-corrected chi connectivity index (χ0v) is 13.3. The molecule has 1 heterocycles. The molecular weight excluding hydrogens is 254 g/mol. The highest BCUT2D eigenvalue weighted by atomic mass is 32.1. The van der Waals surface area contributed by atoms with E-state index in [0.717, 1.165) is 16.9 Å². The Balaban J connectivity index is 2.08. The summed E-state index contributed by atoms with van der Waals surface area (Å²) in [4.78, 5) is 13.2. The molecule has 1 saturated carbocycles. The van der Waals surface area contributed by atoms with Crippen molar-refractivity contribution in [2.75, 3.05) is 0 Å². The van der Waals surface area contributed by atoms with Crippen molar-refractivity contribution in [2.45, 2.75) is 59.4 Å². The van der Waals surface area contributed by atoms with Gasteiger partial charge in [-0.15, -0.1) is 11.3 Å². The summed E-state index contributed by atoms with van der Waals surface area (Å²) in [5, 5.41) is 5.28. The molecule has 0 spiro atoms. The smallest absolute Gasteiger partial charge is 0.261 e. The number of aryl methyl sites for hydroxylation is 1. The van der Waals surface area contributed by atoms with E-state index in [9.17, 15) is 4.79 Å². The van der Waals surface area contributed by atoms with E-state index in [1.807, 2.05) is 18.4 Å². The van der Waals surface area contributed by atoms with E-state index in [1.165, 1.54) is 19.3 Å². The summed E-state index contributed by atoms with van der Waals surface area (Å²) in [6.07, 6.45) is 4.89. The first kappa shape index (κ1) is 14.6. The second-order valence-electron chi connectivity index (χ2n) is 6.77. The molecule has 1 aromatic rings. The molecule has 1 amide bonds. The summed E-state index contributed by atoms with van der Waals surface area (Å²) >= 11 is 1.54. The van der Waals surface area contributed by atoms with Gasteiger partial charge in [-0.05, 0) is 48.1 Å². The van der Waals surface area contributed by atoms with Gasteiger partial charge < -0.3 is 5.32 Å². The van der Waals surface area contributed by atoms with Crippen LogP contribution >= 0.6 is 11.3 Å². The Kier molecular flexibility index (Phi) is 4.34. The standard InChI is InChI=1S/C16H25NOS/c1-11-9-10-19-14(11)15(18)17-13-8-6-5-7-12(13)16(2,3)4/h9-10,12-13H,5-8H2,1-4H3,(H,17,18). The molecule has 2 unspecified atom stereocenters. The van der Waals surface area contributed by atoms with Crippen LogP contribution in [0.2, 0.25) is 0 Å². The van der Waals surface area contributed by atoms with Gasteiger partial charge in [0.1, 0.15) is 0 Å². The van der Waals surface area contributed by atoms with Gasteiger partial charge in [0.05, 0.1) is 4.88 Å². The van der Waals surface area contributed by atoms with Gasteiger partial charge in [-0.2, -0.15) is 0 Å². The molecule has 2 atom stereocenters. The Labute approximate surface area is 120 Å². The van der Waals surface area contributed by atoms with E-state index in [2.05, 4.69) is 26.1 Å². The predicted molar refractivity (Wildman–Crippen MR) is 81.7 cm³/mol. The van der Waals surface area contributed by atoms with Crippen molar-refractivity contribution in [2.24, 2.45) is 11.3 Å². The fraction of sp³-hybridized carbons (Fsp3) is 0.688. The number of hydrogen-bond donors (Lipinski definition) is 1. The fourth-order valence-electron chi connectivity index (χ4n) is 3.18. The molecule has 1 fully saturated rings. The average molecular weight is 279 g/mol. The van der Waals surface area contributed by atoms with Crippen molar-refractivity contribution in [3.63, 3.8) is 0 Å². The lowest BCUT2D eigenvalue weighted by Crippen LogP contribution is -2.46. The maximum atomic E-state index is 12.4. The van der Waals surface area contributed by atoms with Gasteiger partial charge in [0.15, 0.2) is 0 Å². The predicted octanol–water partition coefficient (Wildman–Crippen LogP) is 4.39. The molecular formula is C16H25NOS. The Morgan fingerprint density at radius 1 is 1.32 bits per heavy atom. The van der Waals surface area contributed by atoms with Gasteiger partial charge in [-0.1, -0.05) is 33.6 Å². The van der Waals surface area contributed by atoms with Gasteiger partial charge in [0.2, 0.25) is 0 Å². The molecule has 1 aliphatic carbocycles. The fourth-order valence-corrected chi connectivity index (χ4v) is 4.01. The van der Waals surface area contributed by atoms with Crippen LogP contribution in [0.15, 0.2) is 11.4 Å². The molecule has 1 N–H and O–H groups in total. The summed E-state index contributed by atoms with van der Waals surface area (Å²) in [7, 11) is 0. The molecule has 0 radical (unpaired) electrons. The van der Waals surface area contributed by atoms with Crippen molar-refractivity contribution in [1.82, 2.24) is 5.32 Å². The van der Waals surface area contributed by atoms with Crippen LogP contribution in [-0.4, -0.2) is 11.9 Å². The lowest BCUT2D eigenvalue weighted by molar-refractivity contribution is 0.0833. The van der Waals surface area contributed by atoms with Gasteiger partial charge in [-0.3, -0.25) is 4.79 Å². The van der Waals surface area contributed by atoms with Gasteiger partial charge >= 0.3 is 0 Å². The third kappa shape index (κ3) is 3.38. The van der Waals surface area contributed by atoms with Crippen LogP contribution in [0.3, 0.4) is 0 Å². The Hall–Kier alpha value is -0.830. The zero-order chi connectivity index (χ0) is 14.0. The number of hydrogen-bond acceptors (Lipinski definition) is 2. The minimum absolute atomic E-state index is 0.119. The van der Waals surface area contributed by atoms with E-state index in [4.69, 9.17) is 0 Å². The van der Waals surface area contributed by atoms with Crippen LogP contribution < -0.4 is 5.32 Å². The second-order valence-corrected chi connectivity index (χ2v) is 7.69. The molecule has 1 aliphatic rings. The third-order valence-electron chi connectivity index (χ3n) is 4.26. The maximum Gasteiger partial charge on any atom is 0.261 e. The monoisotopic (exact) mass is 279 g/mol. The van der Waals surface area contributed by atoms with Crippen LogP contribution in [0.4, 0.5) is 0 Å². The first-order chi connectivity index (χ1) is 8.89. The Morgan fingerprint density at radius 2 is 2.00 bits per heavy atom. The topological polar surface area (TPSA) is 29.1 Å². The van der Waals surface area contributed by atoms with Crippen LogP contribution in [0, 0.1) is 18.3 Å². The minimum atomic E-state index is 0.119. The molecule has 0 aliphatic heterocycles. The molecule has 2 rings (SSSR count). The van der Waals surface area contributed by atoms with Crippen LogP contribution in [0.25, 0.3) is 0 Å². The van der Waals surface area contributed by atoms with Crippen LogP contribution in [0.5, 0.6) is 0 Å². The molecule has 2 nitrogen and oxygen atoms in total. The second kappa shape index (κ2) is 5.66. The van der Waals surface area contributed by atoms with Crippen molar-refractivity contribution in [3.05, 3.63) is 21.9 Å². The first-order valence-electron chi connectivity index (χ1n) is 7.24. The number of nitrogens with one attached hydrogen (secondary N) is 1. The quantitative estimate of drug-likeness (QED) is 0.854. The van der Waals surface area contributed by atoms with E-state index in [-0.39, 0.29) is 11.3 Å². The van der Waals surface area contributed by atoms with Crippen LogP contribution in [0.1, 0.15) is 61.7 Å². The van der Waals surface area contributed by atoms with Crippen molar-refractivity contribution >= 4 is 17.2 Å². The number of amides is 1. The lowest BCUT2D eigenvalue weighted by atomic mass is 9.69. The summed E-state index contributed by atoms with van der Waals surface area (Å²) in [5.41, 5.74) is 1.36. The van der Waals surface area contributed by atoms with Gasteiger partial charge in [0, 0.05) is 6.04 Å². The van der Waals surface area contributed by atoms with Crippen molar-refractivity contribution in [3.8, 4) is 0 Å². The number of carbonyl (C=O) groups excluding carboxylic acids is 1. The average Bonchev–Trinajstić information content (AvgIpc) is 2.75. The van der Waals surface area contributed by atoms with Gasteiger partial charge in [0.25, 0.3) is 5.91 Å². The van der Waals surface area contributed by atoms with Crippen LogP contribution in [-0.2, 0) is 0 Å². The van der Waals surface area contributed by atoms with Crippen molar-refractivity contribution in [1.29, 1.82) is 0 Å². The normalized spacial score (nSPS) is 24.2.